The summed E-state index contributed by atoms with van der Waals surface area (Å²) in [7, 11) is 1.22. The van der Waals surface area contributed by atoms with Gasteiger partial charge < -0.3 is 14.4 Å². The van der Waals surface area contributed by atoms with Gasteiger partial charge in [0.2, 0.25) is 5.82 Å². The number of ether oxygens (including phenoxy) is 2. The van der Waals surface area contributed by atoms with Crippen molar-refractivity contribution < 1.29 is 19.2 Å². The van der Waals surface area contributed by atoms with Crippen molar-refractivity contribution >= 4 is 17.5 Å². The molecule has 0 saturated carbocycles. The van der Waals surface area contributed by atoms with Crippen molar-refractivity contribution in [1.82, 2.24) is 4.98 Å². The fourth-order valence-corrected chi connectivity index (χ4v) is 3.25. The Labute approximate surface area is 163 Å². The lowest BCUT2D eigenvalue weighted by molar-refractivity contribution is -0.384. The molecule has 0 amide bonds. The number of benzene rings is 1. The molecule has 0 unspecified atom stereocenters. The van der Waals surface area contributed by atoms with E-state index in [0.29, 0.717) is 13.1 Å². The standard InChI is InChI=1S/C20H23N3O5/c1-13-4-5-14(2)18(10-13)28-16-6-8-22(9-7-16)19-17(23(25)26)11-15(12-21-19)20(24)27-3/h4-5,10-12,16H,6-9H2,1-3H3. The lowest BCUT2D eigenvalue weighted by Crippen LogP contribution is -2.39. The summed E-state index contributed by atoms with van der Waals surface area (Å²) in [6.07, 6.45) is 2.81. The molecule has 148 valence electrons. The number of rotatable bonds is 5. The molecule has 28 heavy (non-hydrogen) atoms. The Kier molecular flexibility index (Phi) is 5.77. The van der Waals surface area contributed by atoms with E-state index in [4.69, 9.17) is 4.74 Å². The molecule has 8 nitrogen and oxygen atoms in total. The SMILES string of the molecule is COC(=O)c1cnc(N2CCC(Oc3cc(C)ccc3C)CC2)c([N+](=O)[O-])c1. The maximum absolute atomic E-state index is 11.6. The van der Waals surface area contributed by atoms with Gasteiger partial charge in [-0.15, -0.1) is 0 Å². The molecule has 0 bridgehead atoms. The van der Waals surface area contributed by atoms with Crippen LogP contribution in [0.25, 0.3) is 0 Å². The van der Waals surface area contributed by atoms with Crippen molar-refractivity contribution in [1.29, 1.82) is 0 Å². The van der Waals surface area contributed by atoms with Crippen molar-refractivity contribution in [3.63, 3.8) is 0 Å². The second-order valence-corrected chi connectivity index (χ2v) is 6.89. The first-order valence-corrected chi connectivity index (χ1v) is 9.10. The third-order valence-electron chi connectivity index (χ3n) is 4.84. The van der Waals surface area contributed by atoms with E-state index in [1.807, 2.05) is 36.9 Å². The minimum atomic E-state index is -0.650. The largest absolute Gasteiger partial charge is 0.490 e. The second kappa shape index (κ2) is 8.24. The highest BCUT2D eigenvalue weighted by Crippen LogP contribution is 2.30. The number of nitro groups is 1. The fourth-order valence-electron chi connectivity index (χ4n) is 3.25. The van der Waals surface area contributed by atoms with Crippen LogP contribution in [0, 0.1) is 24.0 Å². The molecular formula is C20H23N3O5. The van der Waals surface area contributed by atoms with Crippen LogP contribution >= 0.6 is 0 Å². The molecule has 1 aliphatic rings. The summed E-state index contributed by atoms with van der Waals surface area (Å²) in [5, 5.41) is 11.5. The molecular weight excluding hydrogens is 362 g/mol. The first-order valence-electron chi connectivity index (χ1n) is 9.10. The molecule has 0 spiro atoms. The monoisotopic (exact) mass is 385 g/mol. The topological polar surface area (TPSA) is 94.8 Å². The number of anilines is 1. The lowest BCUT2D eigenvalue weighted by Gasteiger charge is -2.33. The van der Waals surface area contributed by atoms with Crippen molar-refractivity contribution in [3.8, 4) is 5.75 Å². The van der Waals surface area contributed by atoms with Crippen LogP contribution in [0.2, 0.25) is 0 Å². The van der Waals surface area contributed by atoms with Crippen LogP contribution < -0.4 is 9.64 Å². The Morgan fingerprint density at radius 3 is 2.61 bits per heavy atom. The summed E-state index contributed by atoms with van der Waals surface area (Å²) >= 11 is 0. The molecule has 1 aliphatic heterocycles. The number of pyridine rings is 1. The Morgan fingerprint density at radius 1 is 1.25 bits per heavy atom. The predicted molar refractivity (Wildman–Crippen MR) is 104 cm³/mol. The zero-order chi connectivity index (χ0) is 20.3. The van der Waals surface area contributed by atoms with Gasteiger partial charge in [-0.1, -0.05) is 12.1 Å². The summed E-state index contributed by atoms with van der Waals surface area (Å²) in [6.45, 7) is 5.21. The summed E-state index contributed by atoms with van der Waals surface area (Å²) in [5.74, 6) is 0.496. The molecule has 1 aromatic heterocycles. The first-order chi connectivity index (χ1) is 13.4. The molecule has 1 aromatic carbocycles. The number of carbonyl (C=O) groups is 1. The smallest absolute Gasteiger partial charge is 0.339 e. The van der Waals surface area contributed by atoms with Gasteiger partial charge in [-0.05, 0) is 31.0 Å². The number of nitrogens with zero attached hydrogens (tertiary/aromatic N) is 3. The fraction of sp³-hybridized carbons (Fsp3) is 0.400. The van der Waals surface area contributed by atoms with Crippen molar-refractivity contribution in [2.75, 3.05) is 25.1 Å². The molecule has 2 aromatic rings. The molecule has 2 heterocycles. The van der Waals surface area contributed by atoms with Crippen LogP contribution in [0.1, 0.15) is 34.3 Å². The third kappa shape index (κ3) is 4.21. The number of piperidine rings is 1. The molecule has 1 fully saturated rings. The number of esters is 1. The number of aryl methyl sites for hydroxylation is 2. The Hall–Kier alpha value is -3.16. The Morgan fingerprint density at radius 2 is 1.96 bits per heavy atom. The van der Waals surface area contributed by atoms with Gasteiger partial charge in [0.15, 0.2) is 0 Å². The third-order valence-corrected chi connectivity index (χ3v) is 4.84. The van der Waals surface area contributed by atoms with Crippen molar-refractivity contribution in [2.24, 2.45) is 0 Å². The van der Waals surface area contributed by atoms with Crippen LogP contribution in [0.4, 0.5) is 11.5 Å². The number of hydrogen-bond acceptors (Lipinski definition) is 7. The van der Waals surface area contributed by atoms with Gasteiger partial charge in [-0.25, -0.2) is 9.78 Å². The van der Waals surface area contributed by atoms with Gasteiger partial charge in [0, 0.05) is 38.2 Å². The van der Waals surface area contributed by atoms with Gasteiger partial charge in [0.25, 0.3) is 0 Å². The molecule has 0 N–H and O–H groups in total. The Bertz CT molecular complexity index is 891. The lowest BCUT2D eigenvalue weighted by atomic mass is 10.1. The van der Waals surface area contributed by atoms with Gasteiger partial charge in [0.1, 0.15) is 11.9 Å². The minimum absolute atomic E-state index is 0.0464. The second-order valence-electron chi connectivity index (χ2n) is 6.89. The maximum Gasteiger partial charge on any atom is 0.339 e. The molecule has 0 atom stereocenters. The van der Waals surface area contributed by atoms with E-state index in [2.05, 4.69) is 9.72 Å². The highest BCUT2D eigenvalue weighted by atomic mass is 16.6. The van der Waals surface area contributed by atoms with Crippen LogP contribution in [-0.2, 0) is 4.74 Å². The van der Waals surface area contributed by atoms with Crippen LogP contribution in [0.15, 0.2) is 30.5 Å². The average molecular weight is 385 g/mol. The summed E-state index contributed by atoms with van der Waals surface area (Å²) in [6, 6.07) is 7.33. The number of aromatic nitrogens is 1. The summed E-state index contributed by atoms with van der Waals surface area (Å²) in [4.78, 5) is 28.6. The number of carbonyl (C=O) groups excluding carboxylic acids is 1. The molecule has 3 rings (SSSR count). The van der Waals surface area contributed by atoms with Crippen LogP contribution in [0.3, 0.4) is 0 Å². The van der Waals surface area contributed by atoms with E-state index in [9.17, 15) is 14.9 Å². The van der Waals surface area contributed by atoms with E-state index in [0.717, 1.165) is 29.7 Å². The highest BCUT2D eigenvalue weighted by molar-refractivity contribution is 5.90. The molecule has 0 radical (unpaired) electrons. The normalized spacial score (nSPS) is 14.6. The number of methoxy groups -OCH3 is 1. The van der Waals surface area contributed by atoms with Gasteiger partial charge >= 0.3 is 11.7 Å². The summed E-state index contributed by atoms with van der Waals surface area (Å²) < 4.78 is 10.8. The van der Waals surface area contributed by atoms with Gasteiger partial charge in [0.05, 0.1) is 17.6 Å². The van der Waals surface area contributed by atoms with E-state index >= 15 is 0 Å². The highest BCUT2D eigenvalue weighted by Gasteiger charge is 2.28. The van der Waals surface area contributed by atoms with Gasteiger partial charge in [-0.3, -0.25) is 10.1 Å². The van der Waals surface area contributed by atoms with E-state index in [1.54, 1.807) is 0 Å². The predicted octanol–water partition coefficient (Wildman–Crippen LogP) is 3.44. The van der Waals surface area contributed by atoms with E-state index in [1.165, 1.54) is 19.4 Å². The van der Waals surface area contributed by atoms with Crippen molar-refractivity contribution in [2.45, 2.75) is 32.8 Å². The molecule has 8 heteroatoms. The number of hydrogen-bond donors (Lipinski definition) is 0. The maximum atomic E-state index is 11.6. The van der Waals surface area contributed by atoms with E-state index in [-0.39, 0.29) is 23.2 Å². The van der Waals surface area contributed by atoms with Crippen LogP contribution in [0.5, 0.6) is 5.75 Å². The zero-order valence-corrected chi connectivity index (χ0v) is 16.2. The zero-order valence-electron chi connectivity index (χ0n) is 16.2. The molecule has 1 saturated heterocycles. The van der Waals surface area contributed by atoms with Crippen LogP contribution in [-0.4, -0.2) is 42.2 Å². The van der Waals surface area contributed by atoms with Gasteiger partial charge in [-0.2, -0.15) is 0 Å². The average Bonchev–Trinajstić information content (AvgIpc) is 2.70. The Balaban J connectivity index is 1.71. The first kappa shape index (κ1) is 19.6. The summed E-state index contributed by atoms with van der Waals surface area (Å²) in [5.41, 5.74) is 2.09. The molecule has 0 aliphatic carbocycles. The quantitative estimate of drug-likeness (QED) is 0.442. The van der Waals surface area contributed by atoms with Crippen molar-refractivity contribution in [3.05, 3.63) is 57.3 Å². The minimum Gasteiger partial charge on any atom is -0.490 e. The van der Waals surface area contributed by atoms with E-state index < -0.39 is 10.9 Å².